The lowest BCUT2D eigenvalue weighted by molar-refractivity contribution is 0.607. The first-order valence-electron chi connectivity index (χ1n) is 5.08. The predicted octanol–water partition coefficient (Wildman–Crippen LogP) is 3.09. The minimum absolute atomic E-state index is 0.264. The van der Waals surface area contributed by atoms with Crippen molar-refractivity contribution in [1.82, 2.24) is 5.43 Å². The molecule has 0 radical (unpaired) electrons. The quantitative estimate of drug-likeness (QED) is 0.631. The maximum atomic E-state index is 5.60. The van der Waals surface area contributed by atoms with E-state index in [-0.39, 0.29) is 6.04 Å². The van der Waals surface area contributed by atoms with Crippen LogP contribution in [0.2, 0.25) is 0 Å². The maximum absolute atomic E-state index is 5.60. The number of thiophene rings is 1. The fourth-order valence-electron chi connectivity index (χ4n) is 1.32. The van der Waals surface area contributed by atoms with Gasteiger partial charge in [-0.25, -0.2) is 0 Å². The summed E-state index contributed by atoms with van der Waals surface area (Å²) in [6.45, 7) is 8.83. The van der Waals surface area contributed by atoms with Crippen molar-refractivity contribution in [2.24, 2.45) is 5.84 Å². The fraction of sp³-hybridized carbons (Fsp3) is 0.636. The van der Waals surface area contributed by atoms with E-state index in [1.807, 2.05) is 11.8 Å². The topological polar surface area (TPSA) is 38.0 Å². The van der Waals surface area contributed by atoms with E-state index in [4.69, 9.17) is 5.84 Å². The van der Waals surface area contributed by atoms with E-state index < -0.39 is 0 Å². The van der Waals surface area contributed by atoms with Gasteiger partial charge < -0.3 is 0 Å². The van der Waals surface area contributed by atoms with Crippen LogP contribution in [0.4, 0.5) is 0 Å². The Hall–Kier alpha value is -0.0300. The van der Waals surface area contributed by atoms with Crippen LogP contribution < -0.4 is 11.3 Å². The van der Waals surface area contributed by atoms with Gasteiger partial charge in [0.1, 0.15) is 0 Å². The molecule has 0 aromatic carbocycles. The molecule has 0 aliphatic heterocycles. The Morgan fingerprint density at radius 1 is 1.53 bits per heavy atom. The van der Waals surface area contributed by atoms with E-state index in [2.05, 4.69) is 44.6 Å². The molecule has 0 spiro atoms. The van der Waals surface area contributed by atoms with Gasteiger partial charge in [0.05, 0.1) is 6.04 Å². The molecular formula is C11H20N2S2. The van der Waals surface area contributed by atoms with Gasteiger partial charge in [-0.3, -0.25) is 11.3 Å². The molecule has 1 atom stereocenters. The number of nitrogens with one attached hydrogen (secondary N) is 1. The van der Waals surface area contributed by atoms with Crippen LogP contribution in [0, 0.1) is 6.92 Å². The third-order valence-electron chi connectivity index (χ3n) is 2.16. The Morgan fingerprint density at radius 3 is 2.60 bits per heavy atom. The summed E-state index contributed by atoms with van der Waals surface area (Å²) in [6, 6.07) is 2.42. The molecule has 0 aliphatic rings. The van der Waals surface area contributed by atoms with Gasteiger partial charge in [-0.05, 0) is 23.9 Å². The molecule has 1 heterocycles. The zero-order chi connectivity index (χ0) is 11.5. The van der Waals surface area contributed by atoms with Gasteiger partial charge in [0.2, 0.25) is 0 Å². The summed E-state index contributed by atoms with van der Waals surface area (Å²) in [5.41, 5.74) is 4.24. The van der Waals surface area contributed by atoms with E-state index >= 15 is 0 Å². The minimum Gasteiger partial charge on any atom is -0.271 e. The summed E-state index contributed by atoms with van der Waals surface area (Å²) in [5.74, 6) is 6.61. The molecule has 4 heteroatoms. The number of hydrogen-bond donors (Lipinski definition) is 2. The summed E-state index contributed by atoms with van der Waals surface area (Å²) in [6.07, 6.45) is 0. The van der Waals surface area contributed by atoms with Crippen LogP contribution in [-0.4, -0.2) is 10.5 Å². The van der Waals surface area contributed by atoms with Crippen molar-refractivity contribution in [3.8, 4) is 0 Å². The van der Waals surface area contributed by atoms with Gasteiger partial charge in [0.15, 0.2) is 0 Å². The zero-order valence-electron chi connectivity index (χ0n) is 9.83. The van der Waals surface area contributed by atoms with E-state index in [1.54, 1.807) is 11.3 Å². The van der Waals surface area contributed by atoms with Crippen LogP contribution >= 0.6 is 23.1 Å². The van der Waals surface area contributed by atoms with Crippen molar-refractivity contribution >= 4 is 23.1 Å². The van der Waals surface area contributed by atoms with Crippen molar-refractivity contribution in [2.45, 2.75) is 38.5 Å². The molecule has 1 aromatic heterocycles. The molecule has 1 rings (SSSR count). The Balaban J connectivity index is 2.61. The SMILES string of the molecule is Cc1sccc1C(CSC(C)(C)C)NN. The highest BCUT2D eigenvalue weighted by Gasteiger charge is 2.17. The molecule has 0 saturated heterocycles. The van der Waals surface area contributed by atoms with Crippen LogP contribution in [-0.2, 0) is 0 Å². The highest BCUT2D eigenvalue weighted by Crippen LogP contribution is 2.30. The van der Waals surface area contributed by atoms with Crippen molar-refractivity contribution in [3.63, 3.8) is 0 Å². The monoisotopic (exact) mass is 244 g/mol. The minimum atomic E-state index is 0.264. The summed E-state index contributed by atoms with van der Waals surface area (Å²) < 4.78 is 0.291. The van der Waals surface area contributed by atoms with Crippen LogP contribution in [0.1, 0.15) is 37.3 Å². The van der Waals surface area contributed by atoms with Gasteiger partial charge in [0, 0.05) is 15.4 Å². The highest BCUT2D eigenvalue weighted by atomic mass is 32.2. The van der Waals surface area contributed by atoms with Gasteiger partial charge in [-0.2, -0.15) is 11.8 Å². The first-order valence-corrected chi connectivity index (χ1v) is 6.94. The summed E-state index contributed by atoms with van der Waals surface area (Å²) in [5, 5.41) is 2.12. The Bertz CT molecular complexity index is 302. The van der Waals surface area contributed by atoms with E-state index in [1.165, 1.54) is 10.4 Å². The predicted molar refractivity (Wildman–Crippen MR) is 71.3 cm³/mol. The molecule has 0 amide bonds. The zero-order valence-corrected chi connectivity index (χ0v) is 11.5. The number of hydrazine groups is 1. The molecule has 0 saturated carbocycles. The molecule has 0 bridgehead atoms. The number of aryl methyl sites for hydroxylation is 1. The lowest BCUT2D eigenvalue weighted by atomic mass is 10.1. The number of thioether (sulfide) groups is 1. The van der Waals surface area contributed by atoms with Crippen LogP contribution in [0.25, 0.3) is 0 Å². The normalized spacial score (nSPS) is 14.2. The molecule has 3 N–H and O–H groups in total. The molecule has 1 aromatic rings. The fourth-order valence-corrected chi connectivity index (χ4v) is 3.02. The maximum Gasteiger partial charge on any atom is 0.0561 e. The smallest absolute Gasteiger partial charge is 0.0561 e. The van der Waals surface area contributed by atoms with Crippen LogP contribution in [0.15, 0.2) is 11.4 Å². The first-order chi connectivity index (χ1) is 6.94. The molecule has 2 nitrogen and oxygen atoms in total. The van der Waals surface area contributed by atoms with Gasteiger partial charge in [0.25, 0.3) is 0 Å². The second-order valence-corrected chi connectivity index (χ2v) is 7.54. The van der Waals surface area contributed by atoms with Crippen molar-refractivity contribution in [3.05, 3.63) is 21.9 Å². The van der Waals surface area contributed by atoms with Crippen molar-refractivity contribution < 1.29 is 0 Å². The lowest BCUT2D eigenvalue weighted by Gasteiger charge is -2.22. The average Bonchev–Trinajstić information content (AvgIpc) is 2.52. The van der Waals surface area contributed by atoms with Gasteiger partial charge in [-0.15, -0.1) is 11.3 Å². The largest absolute Gasteiger partial charge is 0.271 e. The number of hydrogen-bond acceptors (Lipinski definition) is 4. The van der Waals surface area contributed by atoms with Gasteiger partial charge in [-0.1, -0.05) is 20.8 Å². The Kier molecular flexibility index (Phi) is 4.64. The summed E-state index contributed by atoms with van der Waals surface area (Å²) in [7, 11) is 0. The molecular weight excluding hydrogens is 224 g/mol. The Morgan fingerprint density at radius 2 is 2.20 bits per heavy atom. The third kappa shape index (κ3) is 4.15. The lowest BCUT2D eigenvalue weighted by Crippen LogP contribution is -2.31. The average molecular weight is 244 g/mol. The van der Waals surface area contributed by atoms with Crippen molar-refractivity contribution in [1.29, 1.82) is 0 Å². The van der Waals surface area contributed by atoms with E-state index in [0.29, 0.717) is 4.75 Å². The van der Waals surface area contributed by atoms with Crippen LogP contribution in [0.5, 0.6) is 0 Å². The first kappa shape index (κ1) is 13.0. The highest BCUT2D eigenvalue weighted by molar-refractivity contribution is 8.00. The second-order valence-electron chi connectivity index (χ2n) is 4.57. The number of rotatable bonds is 4. The number of nitrogens with two attached hydrogens (primary N) is 1. The molecule has 0 aliphatic carbocycles. The van der Waals surface area contributed by atoms with E-state index in [9.17, 15) is 0 Å². The standard InChI is InChI=1S/C11H20N2S2/c1-8-9(5-6-14-8)10(13-12)7-15-11(2,3)4/h5-6,10,13H,7,12H2,1-4H3. The summed E-state index contributed by atoms with van der Waals surface area (Å²) in [4.78, 5) is 1.35. The summed E-state index contributed by atoms with van der Waals surface area (Å²) >= 11 is 3.71. The third-order valence-corrected chi connectivity index (χ3v) is 4.39. The van der Waals surface area contributed by atoms with E-state index in [0.717, 1.165) is 5.75 Å². The Labute approximate surface area is 101 Å². The molecule has 15 heavy (non-hydrogen) atoms. The second kappa shape index (κ2) is 5.34. The molecule has 0 fully saturated rings. The van der Waals surface area contributed by atoms with Gasteiger partial charge >= 0.3 is 0 Å². The molecule has 1 unspecified atom stereocenters. The van der Waals surface area contributed by atoms with Crippen molar-refractivity contribution in [2.75, 3.05) is 5.75 Å². The molecule has 86 valence electrons. The van der Waals surface area contributed by atoms with Crippen LogP contribution in [0.3, 0.4) is 0 Å².